The van der Waals surface area contributed by atoms with Crippen molar-refractivity contribution >= 4 is 5.91 Å². The van der Waals surface area contributed by atoms with Gasteiger partial charge in [0.25, 0.3) is 5.89 Å². The molecule has 2 aliphatic rings. The quantitative estimate of drug-likeness (QED) is 0.722. The third kappa shape index (κ3) is 3.48. The molecule has 1 atom stereocenters. The lowest BCUT2D eigenvalue weighted by atomic mass is 9.86. The van der Waals surface area contributed by atoms with Crippen molar-refractivity contribution in [3.05, 3.63) is 23.4 Å². The Morgan fingerprint density at radius 3 is 2.71 bits per heavy atom. The summed E-state index contributed by atoms with van der Waals surface area (Å²) in [6.07, 6.45) is -3.27. The summed E-state index contributed by atoms with van der Waals surface area (Å²) in [4.78, 5) is 21.3. The number of likely N-dealkylation sites (tertiary alicyclic amines) is 1. The molecular formula is C16H18F3N5O4. The number of aromatic nitrogens is 4. The molecule has 12 heteroatoms. The molecule has 2 aromatic rings. The number of carbonyl (C=O) groups is 1. The maximum absolute atomic E-state index is 13.9. The Morgan fingerprint density at radius 1 is 1.29 bits per heavy atom. The number of halogens is 3. The number of rotatable bonds is 6. The second-order valence-corrected chi connectivity index (χ2v) is 7.11. The molecule has 1 aliphatic carbocycles. The molecule has 9 nitrogen and oxygen atoms in total. The predicted molar refractivity (Wildman–Crippen MR) is 83.9 cm³/mol. The highest BCUT2D eigenvalue weighted by Crippen LogP contribution is 2.48. The van der Waals surface area contributed by atoms with E-state index in [1.807, 2.05) is 0 Å². The Morgan fingerprint density at radius 2 is 2.07 bits per heavy atom. The number of hydrogen-bond acceptors (Lipinski definition) is 8. The Balaban J connectivity index is 1.41. The van der Waals surface area contributed by atoms with E-state index in [-0.39, 0.29) is 31.4 Å². The molecule has 0 radical (unpaired) electrons. The number of alkyl halides is 3. The zero-order valence-electron chi connectivity index (χ0n) is 15.0. The zero-order valence-corrected chi connectivity index (χ0v) is 15.0. The first-order valence-corrected chi connectivity index (χ1v) is 8.84. The van der Waals surface area contributed by atoms with Crippen molar-refractivity contribution in [3.8, 4) is 0 Å². The van der Waals surface area contributed by atoms with Crippen LogP contribution in [-0.4, -0.2) is 57.0 Å². The molecule has 0 N–H and O–H groups in total. The molecule has 0 bridgehead atoms. The van der Waals surface area contributed by atoms with Crippen molar-refractivity contribution in [2.75, 3.05) is 19.7 Å². The molecule has 0 spiro atoms. The molecule has 1 unspecified atom stereocenters. The number of hydrogen-bond donors (Lipinski definition) is 0. The standard InChI is InChI=1S/C16H18F3N5O4/c1-9-20-11(27-22-9)6-26-7-12(25)24-5-4-15(8-24,16(17,18)19)14-21-13(23-28-14)10-2-3-10/h10H,2-8H2,1H3. The Hall–Kier alpha value is -2.50. The van der Waals surface area contributed by atoms with Crippen LogP contribution in [0.15, 0.2) is 9.05 Å². The topological polar surface area (TPSA) is 107 Å². The van der Waals surface area contributed by atoms with Gasteiger partial charge in [0.2, 0.25) is 11.8 Å². The lowest BCUT2D eigenvalue weighted by molar-refractivity contribution is -0.194. The number of nitrogens with zero attached hydrogens (tertiary/aromatic N) is 5. The Bertz CT molecular complexity index is 863. The molecule has 3 heterocycles. The normalized spacial score (nSPS) is 22.8. The second kappa shape index (κ2) is 6.83. The molecular weight excluding hydrogens is 383 g/mol. The van der Waals surface area contributed by atoms with Crippen LogP contribution in [0.5, 0.6) is 0 Å². The third-order valence-electron chi connectivity index (χ3n) is 4.98. The van der Waals surface area contributed by atoms with Gasteiger partial charge in [-0.3, -0.25) is 4.79 Å². The van der Waals surface area contributed by atoms with E-state index in [0.717, 1.165) is 17.7 Å². The summed E-state index contributed by atoms with van der Waals surface area (Å²) in [6, 6.07) is 0. The number of amides is 1. The van der Waals surface area contributed by atoms with Crippen molar-refractivity contribution in [1.29, 1.82) is 0 Å². The summed E-state index contributed by atoms with van der Waals surface area (Å²) in [5.74, 6) is -0.0478. The van der Waals surface area contributed by atoms with E-state index in [0.29, 0.717) is 11.6 Å². The highest BCUT2D eigenvalue weighted by Gasteiger charge is 2.63. The van der Waals surface area contributed by atoms with Crippen LogP contribution >= 0.6 is 0 Å². The zero-order chi connectivity index (χ0) is 19.9. The van der Waals surface area contributed by atoms with Crippen LogP contribution in [0.3, 0.4) is 0 Å². The van der Waals surface area contributed by atoms with Crippen molar-refractivity contribution in [3.63, 3.8) is 0 Å². The van der Waals surface area contributed by atoms with Crippen LogP contribution in [-0.2, 0) is 21.6 Å². The Kier molecular flexibility index (Phi) is 4.60. The molecule has 4 rings (SSSR count). The van der Waals surface area contributed by atoms with Crippen LogP contribution in [0, 0.1) is 6.92 Å². The highest BCUT2D eigenvalue weighted by molar-refractivity contribution is 5.78. The van der Waals surface area contributed by atoms with E-state index in [9.17, 15) is 18.0 Å². The maximum Gasteiger partial charge on any atom is 0.405 e. The lowest BCUT2D eigenvalue weighted by Gasteiger charge is -2.27. The second-order valence-electron chi connectivity index (χ2n) is 7.11. The van der Waals surface area contributed by atoms with E-state index in [2.05, 4.69) is 20.3 Å². The molecule has 1 amide bonds. The molecule has 1 saturated carbocycles. The van der Waals surface area contributed by atoms with Crippen LogP contribution in [0.2, 0.25) is 0 Å². The summed E-state index contributed by atoms with van der Waals surface area (Å²) in [5, 5.41) is 7.28. The molecule has 1 aliphatic heterocycles. The van der Waals surface area contributed by atoms with Gasteiger partial charge in [0.15, 0.2) is 17.1 Å². The first kappa shape index (κ1) is 18.8. The van der Waals surface area contributed by atoms with Gasteiger partial charge in [0, 0.05) is 19.0 Å². The summed E-state index contributed by atoms with van der Waals surface area (Å²) in [5.41, 5.74) is -2.35. The first-order chi connectivity index (χ1) is 13.3. The molecule has 1 saturated heterocycles. The van der Waals surface area contributed by atoms with Crippen LogP contribution in [0.1, 0.15) is 48.6 Å². The molecule has 28 heavy (non-hydrogen) atoms. The van der Waals surface area contributed by atoms with E-state index in [1.54, 1.807) is 6.92 Å². The van der Waals surface area contributed by atoms with Crippen LogP contribution < -0.4 is 0 Å². The van der Waals surface area contributed by atoms with E-state index in [4.69, 9.17) is 13.8 Å². The first-order valence-electron chi connectivity index (χ1n) is 8.84. The van der Waals surface area contributed by atoms with Crippen LogP contribution in [0.4, 0.5) is 13.2 Å². The fourth-order valence-corrected chi connectivity index (χ4v) is 3.20. The number of aryl methyl sites for hydroxylation is 1. The fourth-order valence-electron chi connectivity index (χ4n) is 3.20. The average Bonchev–Trinajstić information content (AvgIpc) is 3.05. The molecule has 2 aromatic heterocycles. The Labute approximate surface area is 157 Å². The van der Waals surface area contributed by atoms with Gasteiger partial charge in [0.1, 0.15) is 13.2 Å². The SMILES string of the molecule is Cc1noc(COCC(=O)N2CCC(c3nc(C4CC4)no3)(C(F)(F)F)C2)n1. The monoisotopic (exact) mass is 401 g/mol. The average molecular weight is 401 g/mol. The predicted octanol–water partition coefficient (Wildman–Crippen LogP) is 1.89. The number of ether oxygens (including phenoxy) is 1. The van der Waals surface area contributed by atoms with Gasteiger partial charge >= 0.3 is 6.18 Å². The van der Waals surface area contributed by atoms with Gasteiger partial charge in [-0.05, 0) is 26.2 Å². The number of carbonyl (C=O) groups excluding carboxylic acids is 1. The van der Waals surface area contributed by atoms with E-state index >= 15 is 0 Å². The van der Waals surface area contributed by atoms with Gasteiger partial charge in [-0.2, -0.15) is 23.1 Å². The minimum Gasteiger partial charge on any atom is -0.362 e. The molecule has 2 fully saturated rings. The van der Waals surface area contributed by atoms with Crippen molar-refractivity contribution in [2.24, 2.45) is 0 Å². The maximum atomic E-state index is 13.9. The van der Waals surface area contributed by atoms with Gasteiger partial charge < -0.3 is 18.7 Å². The molecule has 152 valence electrons. The van der Waals surface area contributed by atoms with Gasteiger partial charge in [-0.15, -0.1) is 0 Å². The van der Waals surface area contributed by atoms with E-state index < -0.39 is 36.5 Å². The van der Waals surface area contributed by atoms with Crippen LogP contribution in [0.25, 0.3) is 0 Å². The minimum atomic E-state index is -4.63. The van der Waals surface area contributed by atoms with Gasteiger partial charge in [0.05, 0.1) is 0 Å². The van der Waals surface area contributed by atoms with Gasteiger partial charge in [-0.25, -0.2) is 0 Å². The molecule has 0 aromatic carbocycles. The van der Waals surface area contributed by atoms with Gasteiger partial charge in [-0.1, -0.05) is 10.3 Å². The smallest absolute Gasteiger partial charge is 0.362 e. The van der Waals surface area contributed by atoms with Crippen molar-refractivity contribution in [2.45, 2.75) is 50.3 Å². The minimum absolute atomic E-state index is 0.0728. The lowest BCUT2D eigenvalue weighted by Crippen LogP contribution is -2.46. The van der Waals surface area contributed by atoms with E-state index in [1.165, 1.54) is 0 Å². The largest absolute Gasteiger partial charge is 0.405 e. The highest BCUT2D eigenvalue weighted by atomic mass is 19.4. The summed E-state index contributed by atoms with van der Waals surface area (Å²) < 4.78 is 56.8. The summed E-state index contributed by atoms with van der Waals surface area (Å²) in [6.45, 7) is 0.476. The fraction of sp³-hybridized carbons (Fsp3) is 0.688. The van der Waals surface area contributed by atoms with Crippen molar-refractivity contribution < 1.29 is 31.7 Å². The third-order valence-corrected chi connectivity index (χ3v) is 4.98. The van der Waals surface area contributed by atoms with Crippen molar-refractivity contribution in [1.82, 2.24) is 25.2 Å². The summed E-state index contributed by atoms with van der Waals surface area (Å²) >= 11 is 0. The summed E-state index contributed by atoms with van der Waals surface area (Å²) in [7, 11) is 0.